The minimum atomic E-state index is -0.192. The van der Waals surface area contributed by atoms with Crippen molar-refractivity contribution in [2.75, 3.05) is 7.11 Å². The lowest BCUT2D eigenvalue weighted by molar-refractivity contribution is 0.117. The van der Waals surface area contributed by atoms with Crippen LogP contribution in [-0.4, -0.2) is 21.5 Å². The second kappa shape index (κ2) is 6.22. The van der Waals surface area contributed by atoms with E-state index in [1.54, 1.807) is 18.7 Å². The first-order valence-electron chi connectivity index (χ1n) is 7.41. The van der Waals surface area contributed by atoms with Crippen molar-refractivity contribution in [2.45, 2.75) is 13.7 Å². The van der Waals surface area contributed by atoms with Crippen molar-refractivity contribution in [3.05, 3.63) is 64.6 Å². The molecule has 0 saturated carbocycles. The van der Waals surface area contributed by atoms with Gasteiger partial charge in [-0.2, -0.15) is 4.68 Å². The topological polar surface area (TPSA) is 49.0 Å². The Morgan fingerprint density at radius 2 is 1.83 bits per heavy atom. The molecule has 2 aromatic carbocycles. The Morgan fingerprint density at radius 3 is 2.52 bits per heavy atom. The highest BCUT2D eigenvalue weighted by Crippen LogP contribution is 2.31. The summed E-state index contributed by atoms with van der Waals surface area (Å²) in [7, 11) is 3.27. The minimum Gasteiger partial charge on any atom is -0.362 e. The van der Waals surface area contributed by atoms with E-state index in [0.29, 0.717) is 5.82 Å². The highest BCUT2D eigenvalue weighted by Gasteiger charge is 2.16. The zero-order chi connectivity index (χ0) is 16.4. The van der Waals surface area contributed by atoms with E-state index in [4.69, 9.17) is 4.74 Å². The summed E-state index contributed by atoms with van der Waals surface area (Å²) in [5.74, 6) is 0.634. The van der Waals surface area contributed by atoms with Gasteiger partial charge in [-0.05, 0) is 24.1 Å². The van der Waals surface area contributed by atoms with Crippen LogP contribution in [0.1, 0.15) is 5.56 Å². The first-order valence-corrected chi connectivity index (χ1v) is 7.41. The summed E-state index contributed by atoms with van der Waals surface area (Å²) in [5, 5.41) is 4.44. The molecule has 0 N–H and O–H groups in total. The molecule has 5 heteroatoms. The summed E-state index contributed by atoms with van der Waals surface area (Å²) >= 11 is 0. The molecule has 23 heavy (non-hydrogen) atoms. The van der Waals surface area contributed by atoms with Crippen molar-refractivity contribution < 1.29 is 4.74 Å². The van der Waals surface area contributed by atoms with Crippen LogP contribution in [0.5, 0.6) is 0 Å². The van der Waals surface area contributed by atoms with E-state index in [0.717, 1.165) is 22.3 Å². The Morgan fingerprint density at radius 1 is 1.09 bits per heavy atom. The molecule has 1 heterocycles. The van der Waals surface area contributed by atoms with E-state index in [-0.39, 0.29) is 12.4 Å². The summed E-state index contributed by atoms with van der Waals surface area (Å²) in [6, 6.07) is 16.3. The molecule has 0 atom stereocenters. The van der Waals surface area contributed by atoms with Crippen molar-refractivity contribution in [3.63, 3.8) is 0 Å². The maximum Gasteiger partial charge on any atom is 0.348 e. The molecule has 0 aliphatic carbocycles. The van der Waals surface area contributed by atoms with Gasteiger partial charge in [-0.25, -0.2) is 4.79 Å². The van der Waals surface area contributed by atoms with Crippen LogP contribution < -0.4 is 5.69 Å². The smallest absolute Gasteiger partial charge is 0.348 e. The predicted octanol–water partition coefficient (Wildman–Crippen LogP) is 2.83. The van der Waals surface area contributed by atoms with E-state index >= 15 is 0 Å². The Hall–Kier alpha value is -2.66. The Balaban J connectivity index is 2.23. The number of ether oxygens (including phenoxy) is 1. The van der Waals surface area contributed by atoms with Gasteiger partial charge in [0.15, 0.2) is 5.82 Å². The predicted molar refractivity (Wildman–Crippen MR) is 90.1 cm³/mol. The van der Waals surface area contributed by atoms with Gasteiger partial charge in [0.25, 0.3) is 0 Å². The van der Waals surface area contributed by atoms with Gasteiger partial charge < -0.3 is 4.74 Å². The fourth-order valence-electron chi connectivity index (χ4n) is 2.64. The second-order valence-electron chi connectivity index (χ2n) is 5.50. The van der Waals surface area contributed by atoms with Crippen molar-refractivity contribution in [3.8, 4) is 22.5 Å². The molecule has 1 aromatic heterocycles. The number of methoxy groups -OCH3 is 1. The minimum absolute atomic E-state index is 0.138. The molecule has 0 radical (unpaired) electrons. The lowest BCUT2D eigenvalue weighted by Gasteiger charge is -2.10. The van der Waals surface area contributed by atoms with Gasteiger partial charge in [0.05, 0.1) is 0 Å². The molecular formula is C18H19N3O2. The number of rotatable bonds is 4. The monoisotopic (exact) mass is 309 g/mol. The van der Waals surface area contributed by atoms with E-state index < -0.39 is 0 Å². The van der Waals surface area contributed by atoms with Crippen LogP contribution in [0.3, 0.4) is 0 Å². The first kappa shape index (κ1) is 15.2. The van der Waals surface area contributed by atoms with Crippen molar-refractivity contribution in [1.82, 2.24) is 14.3 Å². The molecule has 118 valence electrons. The summed E-state index contributed by atoms with van der Waals surface area (Å²) in [5.41, 5.74) is 4.01. The lowest BCUT2D eigenvalue weighted by Crippen LogP contribution is -2.23. The molecule has 0 unspecified atom stereocenters. The lowest BCUT2D eigenvalue weighted by atomic mass is 9.97. The Kier molecular flexibility index (Phi) is 4.12. The maximum absolute atomic E-state index is 12.3. The normalized spacial score (nSPS) is 10.9. The molecule has 5 nitrogen and oxygen atoms in total. The molecule has 0 aliphatic heterocycles. The summed E-state index contributed by atoms with van der Waals surface area (Å²) in [6.45, 7) is 2.17. The highest BCUT2D eigenvalue weighted by molar-refractivity contribution is 5.81. The van der Waals surface area contributed by atoms with Gasteiger partial charge in [0.2, 0.25) is 0 Å². The quantitative estimate of drug-likeness (QED) is 0.744. The van der Waals surface area contributed by atoms with Crippen molar-refractivity contribution in [2.24, 2.45) is 7.05 Å². The van der Waals surface area contributed by atoms with Gasteiger partial charge in [0.1, 0.15) is 6.73 Å². The number of benzene rings is 2. The summed E-state index contributed by atoms with van der Waals surface area (Å²) in [4.78, 5) is 12.3. The summed E-state index contributed by atoms with van der Waals surface area (Å²) < 4.78 is 7.92. The van der Waals surface area contributed by atoms with Gasteiger partial charge >= 0.3 is 5.69 Å². The standard InChI is InChI=1S/C18H19N3O2/c1-13-9-10-15(14-7-5-4-6-8-14)16(11-13)17-19-21(12-23-3)18(22)20(17)2/h4-11H,12H2,1-3H3. The molecule has 0 saturated heterocycles. The van der Waals surface area contributed by atoms with E-state index in [1.807, 2.05) is 25.1 Å². The van der Waals surface area contributed by atoms with E-state index in [2.05, 4.69) is 35.4 Å². The highest BCUT2D eigenvalue weighted by atomic mass is 16.5. The molecule has 0 aliphatic rings. The Bertz CT molecular complexity index is 879. The van der Waals surface area contributed by atoms with E-state index in [9.17, 15) is 4.79 Å². The molecule has 0 amide bonds. The third-order valence-electron chi connectivity index (χ3n) is 3.79. The van der Waals surface area contributed by atoms with Crippen LogP contribution >= 0.6 is 0 Å². The SMILES string of the molecule is COCn1nc(-c2cc(C)ccc2-c2ccccc2)n(C)c1=O. The molecule has 0 fully saturated rings. The molecular weight excluding hydrogens is 290 g/mol. The van der Waals surface area contributed by atoms with Crippen LogP contribution in [0.15, 0.2) is 53.3 Å². The van der Waals surface area contributed by atoms with Crippen molar-refractivity contribution in [1.29, 1.82) is 0 Å². The first-order chi connectivity index (χ1) is 11.1. The third-order valence-corrected chi connectivity index (χ3v) is 3.79. The van der Waals surface area contributed by atoms with Crippen LogP contribution in [-0.2, 0) is 18.5 Å². The average Bonchev–Trinajstić information content (AvgIpc) is 2.84. The zero-order valence-corrected chi connectivity index (χ0v) is 13.5. The van der Waals surface area contributed by atoms with Crippen LogP contribution in [0.2, 0.25) is 0 Å². The van der Waals surface area contributed by atoms with Gasteiger partial charge in [0, 0.05) is 19.7 Å². The third kappa shape index (κ3) is 2.83. The van der Waals surface area contributed by atoms with Crippen LogP contribution in [0, 0.1) is 6.92 Å². The second-order valence-corrected chi connectivity index (χ2v) is 5.50. The number of hydrogen-bond donors (Lipinski definition) is 0. The molecule has 0 bridgehead atoms. The maximum atomic E-state index is 12.3. The van der Waals surface area contributed by atoms with Gasteiger partial charge in [-0.3, -0.25) is 4.57 Å². The molecule has 0 spiro atoms. The fourth-order valence-corrected chi connectivity index (χ4v) is 2.64. The average molecular weight is 309 g/mol. The number of aromatic nitrogens is 3. The molecule has 3 aromatic rings. The Labute approximate surface area is 134 Å². The summed E-state index contributed by atoms with van der Waals surface area (Å²) in [6.07, 6.45) is 0. The fraction of sp³-hybridized carbons (Fsp3) is 0.222. The van der Waals surface area contributed by atoms with Gasteiger partial charge in [-0.1, -0.05) is 48.0 Å². The van der Waals surface area contributed by atoms with Crippen LogP contribution in [0.4, 0.5) is 0 Å². The number of hydrogen-bond acceptors (Lipinski definition) is 3. The molecule has 3 rings (SSSR count). The number of nitrogens with zero attached hydrogens (tertiary/aromatic N) is 3. The van der Waals surface area contributed by atoms with Crippen LogP contribution in [0.25, 0.3) is 22.5 Å². The largest absolute Gasteiger partial charge is 0.362 e. The zero-order valence-electron chi connectivity index (χ0n) is 13.5. The number of aryl methyl sites for hydroxylation is 1. The van der Waals surface area contributed by atoms with Crippen molar-refractivity contribution >= 4 is 0 Å². The van der Waals surface area contributed by atoms with Gasteiger partial charge in [-0.15, -0.1) is 5.10 Å². The van der Waals surface area contributed by atoms with E-state index in [1.165, 1.54) is 4.68 Å².